The Labute approximate surface area is 124 Å². The van der Waals surface area contributed by atoms with Gasteiger partial charge in [-0.1, -0.05) is 13.3 Å². The Bertz CT molecular complexity index is 699. The van der Waals surface area contributed by atoms with Gasteiger partial charge in [0.05, 0.1) is 5.56 Å². The minimum Gasteiger partial charge on any atom is -0.472 e. The quantitative estimate of drug-likeness (QED) is 0.732. The third-order valence-electron chi connectivity index (χ3n) is 5.38. The molecule has 0 radical (unpaired) electrons. The normalized spacial score (nSPS) is 30.2. The summed E-state index contributed by atoms with van der Waals surface area (Å²) in [4.78, 5) is 24.8. The summed E-state index contributed by atoms with van der Waals surface area (Å²) in [7, 11) is 3.23. The van der Waals surface area contributed by atoms with Gasteiger partial charge in [-0.2, -0.15) is 0 Å². The highest BCUT2D eigenvalue weighted by atomic mass is 16.5. The number of nitrogens with zero attached hydrogens (tertiary/aromatic N) is 2. The molecular weight excluding hydrogens is 268 g/mol. The maximum Gasteiger partial charge on any atom is 0.333 e. The van der Waals surface area contributed by atoms with E-state index in [2.05, 4.69) is 20.8 Å². The van der Waals surface area contributed by atoms with Gasteiger partial charge >= 0.3 is 5.69 Å². The van der Waals surface area contributed by atoms with E-state index >= 15 is 0 Å². The lowest BCUT2D eigenvalue weighted by Crippen LogP contribution is -2.52. The Morgan fingerprint density at radius 2 is 1.81 bits per heavy atom. The third-order valence-corrected chi connectivity index (χ3v) is 5.38. The van der Waals surface area contributed by atoms with Crippen LogP contribution in [0.3, 0.4) is 0 Å². The molecular formula is C16H24N2O3. The van der Waals surface area contributed by atoms with E-state index in [1.165, 1.54) is 15.6 Å². The van der Waals surface area contributed by atoms with Gasteiger partial charge < -0.3 is 4.74 Å². The molecule has 0 bridgehead atoms. The lowest BCUT2D eigenvalue weighted by atomic mass is 9.65. The number of hydrogen-bond acceptors (Lipinski definition) is 3. The van der Waals surface area contributed by atoms with Gasteiger partial charge in [-0.15, -0.1) is 0 Å². The van der Waals surface area contributed by atoms with Crippen LogP contribution in [0, 0.1) is 11.8 Å². The van der Waals surface area contributed by atoms with Crippen LogP contribution in [0.4, 0.5) is 0 Å². The molecule has 0 unspecified atom stereocenters. The van der Waals surface area contributed by atoms with Crippen molar-refractivity contribution < 1.29 is 4.74 Å². The SMILES string of the molecule is C[C@H]1CC[C@H]2[C@@H](C1)c1c(n(C)c(=O)n(C)c1=O)OC2(C)C. The first-order chi connectivity index (χ1) is 9.74. The zero-order chi connectivity index (χ0) is 15.5. The van der Waals surface area contributed by atoms with Crippen molar-refractivity contribution in [3.05, 3.63) is 26.4 Å². The topological polar surface area (TPSA) is 53.2 Å². The molecule has 1 saturated carbocycles. The number of ether oxygens (including phenoxy) is 1. The zero-order valence-corrected chi connectivity index (χ0v) is 13.5. The summed E-state index contributed by atoms with van der Waals surface area (Å²) in [6, 6.07) is 0. The Kier molecular flexibility index (Phi) is 3.08. The monoisotopic (exact) mass is 292 g/mol. The van der Waals surface area contributed by atoms with Crippen LogP contribution in [0.15, 0.2) is 9.59 Å². The Morgan fingerprint density at radius 3 is 2.48 bits per heavy atom. The zero-order valence-electron chi connectivity index (χ0n) is 13.5. The molecule has 2 heterocycles. The fourth-order valence-electron chi connectivity index (χ4n) is 4.15. The van der Waals surface area contributed by atoms with Crippen molar-refractivity contribution in [2.75, 3.05) is 0 Å². The van der Waals surface area contributed by atoms with Crippen LogP contribution in [0.25, 0.3) is 0 Å². The van der Waals surface area contributed by atoms with E-state index in [9.17, 15) is 9.59 Å². The van der Waals surface area contributed by atoms with Crippen LogP contribution < -0.4 is 16.0 Å². The van der Waals surface area contributed by atoms with Crippen molar-refractivity contribution in [3.8, 4) is 5.88 Å². The summed E-state index contributed by atoms with van der Waals surface area (Å²) < 4.78 is 8.81. The number of rotatable bonds is 0. The largest absolute Gasteiger partial charge is 0.472 e. The van der Waals surface area contributed by atoms with Gasteiger partial charge in [-0.25, -0.2) is 4.79 Å². The molecule has 21 heavy (non-hydrogen) atoms. The van der Waals surface area contributed by atoms with Gasteiger partial charge in [0.2, 0.25) is 5.88 Å². The first-order valence-corrected chi connectivity index (χ1v) is 7.73. The molecule has 3 atom stereocenters. The molecule has 5 heteroatoms. The molecule has 116 valence electrons. The predicted molar refractivity (Wildman–Crippen MR) is 80.9 cm³/mol. The van der Waals surface area contributed by atoms with Gasteiger partial charge in [0.15, 0.2) is 0 Å². The van der Waals surface area contributed by atoms with E-state index in [4.69, 9.17) is 4.74 Å². The summed E-state index contributed by atoms with van der Waals surface area (Å²) in [5.74, 6) is 1.61. The molecule has 1 fully saturated rings. The van der Waals surface area contributed by atoms with Crippen molar-refractivity contribution in [3.63, 3.8) is 0 Å². The van der Waals surface area contributed by atoms with Crippen molar-refractivity contribution >= 4 is 0 Å². The molecule has 0 aromatic carbocycles. The Morgan fingerprint density at radius 1 is 1.14 bits per heavy atom. The highest BCUT2D eigenvalue weighted by Crippen LogP contribution is 2.51. The molecule has 1 aromatic rings. The fourth-order valence-corrected chi connectivity index (χ4v) is 4.15. The minimum absolute atomic E-state index is 0.187. The summed E-state index contributed by atoms with van der Waals surface area (Å²) in [6.07, 6.45) is 3.25. The molecule has 0 amide bonds. The van der Waals surface area contributed by atoms with E-state index in [0.29, 0.717) is 23.3 Å². The van der Waals surface area contributed by atoms with E-state index in [-0.39, 0.29) is 22.8 Å². The van der Waals surface area contributed by atoms with E-state index in [1.54, 1.807) is 14.1 Å². The Balaban J connectivity index is 2.29. The number of fused-ring (bicyclic) bond motifs is 3. The fraction of sp³-hybridized carbons (Fsp3) is 0.750. The molecule has 5 nitrogen and oxygen atoms in total. The summed E-state index contributed by atoms with van der Waals surface area (Å²) in [6.45, 7) is 6.39. The highest BCUT2D eigenvalue weighted by molar-refractivity contribution is 5.34. The standard InChI is InChI=1S/C16H24N2O3/c1-9-6-7-11-10(8-9)12-13(19)17(4)15(20)18(5)14(12)21-16(11,2)3/h9-11H,6-8H2,1-5H3/t9-,10+,11-/m0/s1. The highest BCUT2D eigenvalue weighted by Gasteiger charge is 2.48. The van der Waals surface area contributed by atoms with Crippen LogP contribution >= 0.6 is 0 Å². The molecule has 0 saturated heterocycles. The summed E-state index contributed by atoms with van der Waals surface area (Å²) in [5.41, 5.74) is -0.144. The second-order valence-corrected chi connectivity index (χ2v) is 7.26. The van der Waals surface area contributed by atoms with Crippen LogP contribution in [0.5, 0.6) is 5.88 Å². The molecule has 1 aromatic heterocycles. The molecule has 1 aliphatic carbocycles. The third kappa shape index (κ3) is 1.97. The molecule has 0 N–H and O–H groups in total. The molecule has 3 rings (SSSR count). The van der Waals surface area contributed by atoms with Crippen molar-refractivity contribution in [2.45, 2.75) is 51.6 Å². The van der Waals surface area contributed by atoms with Gasteiger partial charge in [-0.05, 0) is 32.6 Å². The lowest BCUT2D eigenvalue weighted by Gasteiger charge is -2.48. The van der Waals surface area contributed by atoms with Gasteiger partial charge in [-0.3, -0.25) is 13.9 Å². The van der Waals surface area contributed by atoms with Gasteiger partial charge in [0.25, 0.3) is 5.56 Å². The second kappa shape index (κ2) is 4.49. The van der Waals surface area contributed by atoms with Crippen molar-refractivity contribution in [1.82, 2.24) is 9.13 Å². The van der Waals surface area contributed by atoms with E-state index < -0.39 is 0 Å². The van der Waals surface area contributed by atoms with Crippen molar-refractivity contribution in [1.29, 1.82) is 0 Å². The lowest BCUT2D eigenvalue weighted by molar-refractivity contribution is -0.0225. The summed E-state index contributed by atoms with van der Waals surface area (Å²) in [5, 5.41) is 0. The first kappa shape index (κ1) is 14.4. The van der Waals surface area contributed by atoms with Gasteiger partial charge in [0.1, 0.15) is 5.60 Å². The number of aromatic nitrogens is 2. The van der Waals surface area contributed by atoms with Crippen molar-refractivity contribution in [2.24, 2.45) is 25.9 Å². The van der Waals surface area contributed by atoms with Crippen LogP contribution in [-0.2, 0) is 14.1 Å². The van der Waals surface area contributed by atoms with Crippen LogP contribution in [0.1, 0.15) is 51.5 Å². The maximum atomic E-state index is 12.6. The first-order valence-electron chi connectivity index (χ1n) is 7.73. The molecule has 0 spiro atoms. The second-order valence-electron chi connectivity index (χ2n) is 7.26. The van der Waals surface area contributed by atoms with Crippen LogP contribution in [0.2, 0.25) is 0 Å². The molecule has 2 aliphatic rings. The van der Waals surface area contributed by atoms with Crippen LogP contribution in [-0.4, -0.2) is 14.7 Å². The number of hydrogen-bond donors (Lipinski definition) is 0. The average molecular weight is 292 g/mol. The maximum absolute atomic E-state index is 12.6. The smallest absolute Gasteiger partial charge is 0.333 e. The van der Waals surface area contributed by atoms with Gasteiger partial charge in [0, 0.05) is 25.9 Å². The minimum atomic E-state index is -0.339. The average Bonchev–Trinajstić information content (AvgIpc) is 2.41. The van der Waals surface area contributed by atoms with E-state index in [0.717, 1.165) is 12.8 Å². The van der Waals surface area contributed by atoms with E-state index in [1.807, 2.05) is 0 Å². The Hall–Kier alpha value is -1.52. The predicted octanol–water partition coefficient (Wildman–Crippen LogP) is 1.77. The molecule has 1 aliphatic heterocycles. The summed E-state index contributed by atoms with van der Waals surface area (Å²) >= 11 is 0.